The molecule has 20 heavy (non-hydrogen) atoms. The van der Waals surface area contributed by atoms with Crippen LogP contribution in [0.3, 0.4) is 0 Å². The van der Waals surface area contributed by atoms with Crippen molar-refractivity contribution in [3.8, 4) is 0 Å². The Morgan fingerprint density at radius 1 is 1.20 bits per heavy atom. The molecule has 7 nitrogen and oxygen atoms in total. The molecule has 1 aliphatic carbocycles. The molecule has 2 aromatic rings. The number of aromatic nitrogens is 5. The van der Waals surface area contributed by atoms with Gasteiger partial charge >= 0.3 is 0 Å². The number of nitrogens with zero attached hydrogens (tertiary/aromatic N) is 5. The molecule has 3 rings (SSSR count). The molecular weight excluding hydrogens is 256 g/mol. The largest absolute Gasteiger partial charge is 0.324 e. The van der Waals surface area contributed by atoms with Crippen LogP contribution < -0.4 is 5.32 Å². The fourth-order valence-corrected chi connectivity index (χ4v) is 2.74. The Hall–Kier alpha value is -2.31. The number of hydrogen-bond donors (Lipinski definition) is 1. The molecule has 0 bridgehead atoms. The van der Waals surface area contributed by atoms with Gasteiger partial charge in [0.1, 0.15) is 11.9 Å². The fraction of sp³-hybridized carbons (Fsp3) is 0.462. The molecule has 7 heteroatoms. The molecule has 0 unspecified atom stereocenters. The molecule has 1 fully saturated rings. The summed E-state index contributed by atoms with van der Waals surface area (Å²) in [5, 5.41) is 14.3. The molecule has 0 aromatic carbocycles. The quantitative estimate of drug-likeness (QED) is 0.912. The number of carbonyl (C=O) groups excluding carboxylic acids is 1. The van der Waals surface area contributed by atoms with Gasteiger partial charge in [-0.15, -0.1) is 5.10 Å². The lowest BCUT2D eigenvalue weighted by Crippen LogP contribution is -2.47. The molecular formula is C13H16N6O. The summed E-state index contributed by atoms with van der Waals surface area (Å²) >= 11 is 0. The minimum atomic E-state index is -0.676. The van der Waals surface area contributed by atoms with E-state index in [0.29, 0.717) is 0 Å². The summed E-state index contributed by atoms with van der Waals surface area (Å²) in [6.45, 7) is 0. The van der Waals surface area contributed by atoms with E-state index in [2.05, 4.69) is 25.8 Å². The van der Waals surface area contributed by atoms with Crippen molar-refractivity contribution in [3.05, 3.63) is 30.9 Å². The Morgan fingerprint density at radius 3 is 2.60 bits per heavy atom. The highest BCUT2D eigenvalue weighted by Gasteiger charge is 2.42. The average Bonchev–Trinajstić information content (AvgIpc) is 3.04. The van der Waals surface area contributed by atoms with Gasteiger partial charge in [-0.25, -0.2) is 4.68 Å². The zero-order valence-corrected chi connectivity index (χ0v) is 11.1. The van der Waals surface area contributed by atoms with E-state index in [1.807, 2.05) is 0 Å². The van der Waals surface area contributed by atoms with E-state index < -0.39 is 5.54 Å². The predicted octanol–water partition coefficient (Wildman–Crippen LogP) is 1.37. The smallest absolute Gasteiger partial charge is 0.252 e. The van der Waals surface area contributed by atoms with Crippen LogP contribution in [0.1, 0.15) is 32.1 Å². The number of pyridine rings is 1. The van der Waals surface area contributed by atoms with Gasteiger partial charge in [-0.1, -0.05) is 19.3 Å². The third-order valence-electron chi connectivity index (χ3n) is 3.83. The van der Waals surface area contributed by atoms with E-state index in [0.717, 1.165) is 37.8 Å². The van der Waals surface area contributed by atoms with Crippen LogP contribution >= 0.6 is 0 Å². The second-order valence-electron chi connectivity index (χ2n) is 5.04. The number of tetrazole rings is 1. The van der Waals surface area contributed by atoms with Gasteiger partial charge in [0.15, 0.2) is 0 Å². The van der Waals surface area contributed by atoms with E-state index in [-0.39, 0.29) is 5.91 Å². The molecule has 104 valence electrons. The lowest BCUT2D eigenvalue weighted by Gasteiger charge is -2.35. The Kier molecular flexibility index (Phi) is 3.41. The van der Waals surface area contributed by atoms with Crippen molar-refractivity contribution in [2.45, 2.75) is 37.6 Å². The van der Waals surface area contributed by atoms with Crippen molar-refractivity contribution in [1.82, 2.24) is 25.2 Å². The maximum atomic E-state index is 12.7. The number of carbonyl (C=O) groups is 1. The third-order valence-corrected chi connectivity index (χ3v) is 3.83. The average molecular weight is 272 g/mol. The molecule has 0 radical (unpaired) electrons. The molecule has 2 aromatic heterocycles. The molecule has 0 spiro atoms. The molecule has 1 aliphatic rings. The number of anilines is 1. The highest BCUT2D eigenvalue weighted by atomic mass is 16.2. The van der Waals surface area contributed by atoms with Crippen LogP contribution in [-0.4, -0.2) is 31.1 Å². The van der Waals surface area contributed by atoms with Crippen LogP contribution in [0.15, 0.2) is 30.9 Å². The standard InChI is InChI=1S/C13H16N6O/c20-12(16-11-4-8-14-9-5-11)13(6-2-1-3-7-13)19-10-15-17-18-19/h4-5,8-10H,1-3,6-7H2,(H,14,16,20). The van der Waals surface area contributed by atoms with E-state index in [1.165, 1.54) is 6.33 Å². The minimum Gasteiger partial charge on any atom is -0.324 e. The van der Waals surface area contributed by atoms with Gasteiger partial charge in [-0.3, -0.25) is 9.78 Å². The van der Waals surface area contributed by atoms with Crippen LogP contribution in [0.2, 0.25) is 0 Å². The van der Waals surface area contributed by atoms with E-state index in [4.69, 9.17) is 0 Å². The lowest BCUT2D eigenvalue weighted by molar-refractivity contribution is -0.126. The van der Waals surface area contributed by atoms with Crippen molar-refractivity contribution < 1.29 is 4.79 Å². The van der Waals surface area contributed by atoms with Gasteiger partial charge in [-0.2, -0.15) is 0 Å². The number of rotatable bonds is 3. The Bertz CT molecular complexity index is 562. The maximum Gasteiger partial charge on any atom is 0.252 e. The van der Waals surface area contributed by atoms with Crippen molar-refractivity contribution >= 4 is 11.6 Å². The first-order valence-electron chi connectivity index (χ1n) is 6.76. The zero-order valence-electron chi connectivity index (χ0n) is 11.1. The molecule has 2 heterocycles. The van der Waals surface area contributed by atoms with Crippen LogP contribution in [0.5, 0.6) is 0 Å². The van der Waals surface area contributed by atoms with Crippen molar-refractivity contribution in [1.29, 1.82) is 0 Å². The first kappa shape index (κ1) is 12.7. The molecule has 1 amide bonds. The summed E-state index contributed by atoms with van der Waals surface area (Å²) in [4.78, 5) is 16.7. The maximum absolute atomic E-state index is 12.7. The predicted molar refractivity (Wildman–Crippen MR) is 71.7 cm³/mol. The van der Waals surface area contributed by atoms with Gasteiger partial charge in [0.05, 0.1) is 0 Å². The van der Waals surface area contributed by atoms with Gasteiger partial charge in [0.25, 0.3) is 5.91 Å². The molecule has 0 saturated heterocycles. The zero-order chi connectivity index (χ0) is 13.8. The van der Waals surface area contributed by atoms with Gasteiger partial charge in [0.2, 0.25) is 0 Å². The van der Waals surface area contributed by atoms with Crippen LogP contribution in [0.25, 0.3) is 0 Å². The van der Waals surface area contributed by atoms with Crippen LogP contribution in [-0.2, 0) is 10.3 Å². The Balaban J connectivity index is 1.88. The van der Waals surface area contributed by atoms with Crippen molar-refractivity contribution in [2.24, 2.45) is 0 Å². The second-order valence-corrected chi connectivity index (χ2v) is 5.04. The summed E-state index contributed by atoms with van der Waals surface area (Å²) in [5.74, 6) is -0.0595. The monoisotopic (exact) mass is 272 g/mol. The van der Waals surface area contributed by atoms with Gasteiger partial charge in [-0.05, 0) is 35.4 Å². The van der Waals surface area contributed by atoms with Crippen molar-refractivity contribution in [2.75, 3.05) is 5.32 Å². The second kappa shape index (κ2) is 5.36. The van der Waals surface area contributed by atoms with Gasteiger partial charge in [0, 0.05) is 18.1 Å². The minimum absolute atomic E-state index is 0.0595. The molecule has 0 aliphatic heterocycles. The summed E-state index contributed by atoms with van der Waals surface area (Å²) in [6, 6.07) is 3.54. The topological polar surface area (TPSA) is 85.6 Å². The van der Waals surface area contributed by atoms with Gasteiger partial charge < -0.3 is 5.32 Å². The van der Waals surface area contributed by atoms with E-state index >= 15 is 0 Å². The third kappa shape index (κ3) is 2.26. The summed E-state index contributed by atoms with van der Waals surface area (Å²) in [5.41, 5.74) is 0.0633. The Labute approximate surface area is 116 Å². The first-order chi connectivity index (χ1) is 9.81. The first-order valence-corrected chi connectivity index (χ1v) is 6.76. The SMILES string of the molecule is O=C(Nc1ccncc1)C1(n2cnnn2)CCCCC1. The highest BCUT2D eigenvalue weighted by Crippen LogP contribution is 2.35. The van der Waals surface area contributed by atoms with Crippen molar-refractivity contribution in [3.63, 3.8) is 0 Å². The van der Waals surface area contributed by atoms with E-state index in [1.54, 1.807) is 29.2 Å². The summed E-state index contributed by atoms with van der Waals surface area (Å²) < 4.78 is 1.60. The summed E-state index contributed by atoms with van der Waals surface area (Å²) in [6.07, 6.45) is 9.50. The van der Waals surface area contributed by atoms with E-state index in [9.17, 15) is 4.79 Å². The summed E-state index contributed by atoms with van der Waals surface area (Å²) in [7, 11) is 0. The van der Waals surface area contributed by atoms with Crippen LogP contribution in [0.4, 0.5) is 5.69 Å². The highest BCUT2D eigenvalue weighted by molar-refractivity contribution is 5.96. The molecule has 0 atom stereocenters. The molecule has 1 saturated carbocycles. The number of nitrogens with one attached hydrogen (secondary N) is 1. The normalized spacial score (nSPS) is 17.6. The lowest BCUT2D eigenvalue weighted by atomic mass is 9.81. The van der Waals surface area contributed by atoms with Crippen LogP contribution in [0, 0.1) is 0 Å². The number of hydrogen-bond acceptors (Lipinski definition) is 5. The fourth-order valence-electron chi connectivity index (χ4n) is 2.74. The number of amides is 1. The molecule has 1 N–H and O–H groups in total. The Morgan fingerprint density at radius 2 is 1.95 bits per heavy atom.